The second-order valence-corrected chi connectivity index (χ2v) is 4.63. The molecule has 0 aromatic heterocycles. The highest BCUT2D eigenvalue weighted by Crippen LogP contribution is 2.26. The van der Waals surface area contributed by atoms with Crippen LogP contribution in [0.15, 0.2) is 24.3 Å². The van der Waals surface area contributed by atoms with E-state index in [1.807, 2.05) is 6.92 Å². The maximum absolute atomic E-state index is 6.02. The summed E-state index contributed by atoms with van der Waals surface area (Å²) in [5, 5.41) is 0. The number of rotatable bonds is 5. The van der Waals surface area contributed by atoms with Gasteiger partial charge in [0.1, 0.15) is 0 Å². The number of benzene rings is 1. The third-order valence-electron chi connectivity index (χ3n) is 2.82. The topological polar surface area (TPSA) is 29.3 Å². The van der Waals surface area contributed by atoms with Crippen LogP contribution in [-0.2, 0) is 0 Å². The van der Waals surface area contributed by atoms with Crippen molar-refractivity contribution >= 4 is 5.69 Å². The molecule has 2 N–H and O–H groups in total. The van der Waals surface area contributed by atoms with Crippen molar-refractivity contribution in [2.24, 2.45) is 5.73 Å². The van der Waals surface area contributed by atoms with E-state index in [0.29, 0.717) is 6.04 Å². The van der Waals surface area contributed by atoms with E-state index in [1.165, 1.54) is 11.3 Å². The molecule has 2 nitrogen and oxygen atoms in total. The molecule has 1 atom stereocenters. The first-order valence-electron chi connectivity index (χ1n) is 6.19. The number of nitrogens with two attached hydrogens (primary N) is 1. The zero-order valence-corrected chi connectivity index (χ0v) is 10.9. The molecule has 0 aliphatic heterocycles. The molecular formula is C14H24N2. The Balaban J connectivity index is 3.07. The first-order chi connectivity index (χ1) is 7.57. The summed E-state index contributed by atoms with van der Waals surface area (Å²) in [6.45, 7) is 9.80. The molecule has 0 radical (unpaired) electrons. The first kappa shape index (κ1) is 13.0. The van der Waals surface area contributed by atoms with Crippen molar-refractivity contribution in [1.82, 2.24) is 0 Å². The molecule has 0 fully saturated rings. The summed E-state index contributed by atoms with van der Waals surface area (Å²) < 4.78 is 0. The van der Waals surface area contributed by atoms with Crippen molar-refractivity contribution in [3.05, 3.63) is 29.8 Å². The lowest BCUT2D eigenvalue weighted by Crippen LogP contribution is -2.32. The predicted molar refractivity (Wildman–Crippen MR) is 71.8 cm³/mol. The Morgan fingerprint density at radius 3 is 2.31 bits per heavy atom. The summed E-state index contributed by atoms with van der Waals surface area (Å²) in [5.74, 6) is 0. The molecule has 0 amide bonds. The zero-order valence-electron chi connectivity index (χ0n) is 10.9. The average Bonchev–Trinajstić information content (AvgIpc) is 2.25. The van der Waals surface area contributed by atoms with E-state index in [1.54, 1.807) is 0 Å². The average molecular weight is 220 g/mol. The summed E-state index contributed by atoms with van der Waals surface area (Å²) in [6.07, 6.45) is 1.16. The van der Waals surface area contributed by atoms with Crippen molar-refractivity contribution in [2.45, 2.75) is 46.2 Å². The summed E-state index contributed by atoms with van der Waals surface area (Å²) in [7, 11) is 0. The van der Waals surface area contributed by atoms with Crippen LogP contribution in [0.4, 0.5) is 5.69 Å². The summed E-state index contributed by atoms with van der Waals surface area (Å²) in [5.41, 5.74) is 8.55. The van der Waals surface area contributed by atoms with Crippen molar-refractivity contribution in [3.8, 4) is 0 Å². The molecule has 0 bridgehead atoms. The minimum Gasteiger partial charge on any atom is -0.369 e. The third kappa shape index (κ3) is 2.99. The molecule has 0 saturated carbocycles. The van der Waals surface area contributed by atoms with Gasteiger partial charge in [0.05, 0.1) is 0 Å². The molecule has 90 valence electrons. The smallest absolute Gasteiger partial charge is 0.0416 e. The van der Waals surface area contributed by atoms with Crippen LogP contribution < -0.4 is 10.6 Å². The summed E-state index contributed by atoms with van der Waals surface area (Å²) in [6, 6.07) is 9.06. The number of hydrogen-bond donors (Lipinski definition) is 1. The van der Waals surface area contributed by atoms with Crippen LogP contribution in [-0.4, -0.2) is 12.6 Å². The van der Waals surface area contributed by atoms with E-state index in [0.717, 1.165) is 13.0 Å². The monoisotopic (exact) mass is 220 g/mol. The molecule has 1 aromatic carbocycles. The maximum atomic E-state index is 6.02. The van der Waals surface area contributed by atoms with E-state index in [2.05, 4.69) is 49.9 Å². The quantitative estimate of drug-likeness (QED) is 0.824. The van der Waals surface area contributed by atoms with E-state index in [4.69, 9.17) is 5.73 Å². The van der Waals surface area contributed by atoms with Gasteiger partial charge in [0.15, 0.2) is 0 Å². The van der Waals surface area contributed by atoms with E-state index < -0.39 is 0 Å². The lowest BCUT2D eigenvalue weighted by Gasteiger charge is -2.31. The molecule has 0 saturated heterocycles. The molecule has 2 heteroatoms. The molecule has 16 heavy (non-hydrogen) atoms. The molecule has 0 aliphatic rings. The molecular weight excluding hydrogens is 196 g/mol. The lowest BCUT2D eigenvalue weighted by molar-refractivity contribution is 0.662. The van der Waals surface area contributed by atoms with Gasteiger partial charge in [-0.3, -0.25) is 0 Å². The van der Waals surface area contributed by atoms with Crippen molar-refractivity contribution < 1.29 is 0 Å². The Kier molecular flexibility index (Phi) is 4.81. The van der Waals surface area contributed by atoms with Crippen molar-refractivity contribution in [2.75, 3.05) is 11.4 Å². The maximum Gasteiger partial charge on any atom is 0.0416 e. The SMILES string of the molecule is CCCN(c1ccccc1C(C)N)C(C)C. The van der Waals surface area contributed by atoms with E-state index >= 15 is 0 Å². The number of nitrogens with zero attached hydrogens (tertiary/aromatic N) is 1. The van der Waals surface area contributed by atoms with Crippen LogP contribution in [0.2, 0.25) is 0 Å². The van der Waals surface area contributed by atoms with Crippen LogP contribution in [0.5, 0.6) is 0 Å². The Bertz CT molecular complexity index is 318. The van der Waals surface area contributed by atoms with Crippen LogP contribution in [0.25, 0.3) is 0 Å². The highest BCUT2D eigenvalue weighted by Gasteiger charge is 2.14. The van der Waals surface area contributed by atoms with Gasteiger partial charge in [0.25, 0.3) is 0 Å². The Morgan fingerprint density at radius 2 is 1.81 bits per heavy atom. The first-order valence-corrected chi connectivity index (χ1v) is 6.19. The van der Waals surface area contributed by atoms with Crippen LogP contribution in [0.3, 0.4) is 0 Å². The third-order valence-corrected chi connectivity index (χ3v) is 2.82. The Morgan fingerprint density at radius 1 is 1.19 bits per heavy atom. The molecule has 1 unspecified atom stereocenters. The molecule has 0 heterocycles. The van der Waals surface area contributed by atoms with Gasteiger partial charge in [-0.25, -0.2) is 0 Å². The van der Waals surface area contributed by atoms with Gasteiger partial charge >= 0.3 is 0 Å². The molecule has 0 spiro atoms. The van der Waals surface area contributed by atoms with Gasteiger partial charge in [-0.05, 0) is 38.8 Å². The van der Waals surface area contributed by atoms with Gasteiger partial charge in [-0.2, -0.15) is 0 Å². The standard InChI is InChI=1S/C14H24N2/c1-5-10-16(11(2)3)14-9-7-6-8-13(14)12(4)15/h6-9,11-12H,5,10,15H2,1-4H3. The van der Waals surface area contributed by atoms with Gasteiger partial charge in [0.2, 0.25) is 0 Å². The fraction of sp³-hybridized carbons (Fsp3) is 0.571. The summed E-state index contributed by atoms with van der Waals surface area (Å²) >= 11 is 0. The van der Waals surface area contributed by atoms with E-state index in [9.17, 15) is 0 Å². The number of para-hydroxylation sites is 1. The largest absolute Gasteiger partial charge is 0.369 e. The Labute approximate surface area is 99.5 Å². The highest BCUT2D eigenvalue weighted by molar-refractivity contribution is 5.55. The Hall–Kier alpha value is -1.02. The molecule has 1 rings (SSSR count). The van der Waals surface area contributed by atoms with Crippen LogP contribution in [0, 0.1) is 0 Å². The van der Waals surface area contributed by atoms with Gasteiger partial charge in [-0.15, -0.1) is 0 Å². The van der Waals surface area contributed by atoms with Crippen LogP contribution in [0.1, 0.15) is 45.7 Å². The predicted octanol–water partition coefficient (Wildman–Crippen LogP) is 3.33. The minimum absolute atomic E-state index is 0.0920. The summed E-state index contributed by atoms with van der Waals surface area (Å²) in [4.78, 5) is 2.43. The number of hydrogen-bond acceptors (Lipinski definition) is 2. The lowest BCUT2D eigenvalue weighted by atomic mass is 10.0. The van der Waals surface area contributed by atoms with Crippen molar-refractivity contribution in [1.29, 1.82) is 0 Å². The molecule has 1 aromatic rings. The van der Waals surface area contributed by atoms with Crippen molar-refractivity contribution in [3.63, 3.8) is 0 Å². The van der Waals surface area contributed by atoms with E-state index in [-0.39, 0.29) is 6.04 Å². The fourth-order valence-electron chi connectivity index (χ4n) is 2.03. The van der Waals surface area contributed by atoms with Gasteiger partial charge in [-0.1, -0.05) is 25.1 Å². The normalized spacial score (nSPS) is 12.9. The van der Waals surface area contributed by atoms with Gasteiger partial charge < -0.3 is 10.6 Å². The highest BCUT2D eigenvalue weighted by atomic mass is 15.2. The molecule has 0 aliphatic carbocycles. The van der Waals surface area contributed by atoms with Crippen LogP contribution >= 0.6 is 0 Å². The number of anilines is 1. The minimum atomic E-state index is 0.0920. The zero-order chi connectivity index (χ0) is 12.1. The second-order valence-electron chi connectivity index (χ2n) is 4.63. The second kappa shape index (κ2) is 5.90. The van der Waals surface area contributed by atoms with Gasteiger partial charge in [0, 0.05) is 24.3 Å². The fourth-order valence-corrected chi connectivity index (χ4v) is 2.03.